The number of para-hydroxylation sites is 1. The molecule has 0 bridgehead atoms. The Labute approximate surface area is 128 Å². The number of nitrogens with one attached hydrogen (secondary N) is 1. The first-order chi connectivity index (χ1) is 10.6. The van der Waals surface area contributed by atoms with E-state index in [-0.39, 0.29) is 5.92 Å². The van der Waals surface area contributed by atoms with E-state index in [1.165, 1.54) is 0 Å². The van der Waals surface area contributed by atoms with Crippen LogP contribution >= 0.6 is 0 Å². The standard InChI is InChI=1S/C16H20N2O4/c1-10-3-2-4-13-14(10)22-16(18-13)17-9-12(15(19)20)11-5-7-21-8-6-11/h2-4,11-12H,5-9H2,1H3,(H,17,18)(H,19,20). The van der Waals surface area contributed by atoms with E-state index in [4.69, 9.17) is 9.15 Å². The number of fused-ring (bicyclic) bond motifs is 1. The maximum absolute atomic E-state index is 11.5. The molecule has 0 saturated carbocycles. The van der Waals surface area contributed by atoms with Gasteiger partial charge in [-0.05, 0) is 37.3 Å². The Balaban J connectivity index is 1.70. The van der Waals surface area contributed by atoms with Crippen molar-refractivity contribution in [3.63, 3.8) is 0 Å². The highest BCUT2D eigenvalue weighted by Gasteiger charge is 2.29. The minimum Gasteiger partial charge on any atom is -0.481 e. The summed E-state index contributed by atoms with van der Waals surface area (Å²) in [7, 11) is 0. The Kier molecular flexibility index (Phi) is 4.29. The molecule has 6 nitrogen and oxygen atoms in total. The molecule has 1 aromatic carbocycles. The van der Waals surface area contributed by atoms with Crippen LogP contribution in [0.5, 0.6) is 0 Å². The first-order valence-electron chi connectivity index (χ1n) is 7.55. The van der Waals surface area contributed by atoms with Crippen molar-refractivity contribution in [1.82, 2.24) is 4.98 Å². The van der Waals surface area contributed by atoms with Crippen LogP contribution < -0.4 is 5.32 Å². The molecule has 1 aromatic heterocycles. The number of hydrogen-bond acceptors (Lipinski definition) is 5. The number of carboxylic acid groups (broad SMARTS) is 1. The van der Waals surface area contributed by atoms with E-state index in [1.54, 1.807) is 0 Å². The predicted molar refractivity (Wildman–Crippen MR) is 81.9 cm³/mol. The quantitative estimate of drug-likeness (QED) is 0.883. The lowest BCUT2D eigenvalue weighted by Gasteiger charge is -2.27. The Morgan fingerprint density at radius 3 is 2.91 bits per heavy atom. The van der Waals surface area contributed by atoms with E-state index in [2.05, 4.69) is 10.3 Å². The number of carboxylic acids is 1. The Morgan fingerprint density at radius 2 is 2.23 bits per heavy atom. The molecule has 1 unspecified atom stereocenters. The first kappa shape index (κ1) is 14.8. The number of benzene rings is 1. The zero-order valence-corrected chi connectivity index (χ0v) is 12.5. The Hall–Kier alpha value is -2.08. The summed E-state index contributed by atoms with van der Waals surface area (Å²) in [4.78, 5) is 15.9. The molecular weight excluding hydrogens is 284 g/mol. The van der Waals surface area contributed by atoms with Gasteiger partial charge < -0.3 is 19.6 Å². The van der Waals surface area contributed by atoms with Gasteiger partial charge in [-0.2, -0.15) is 4.98 Å². The zero-order chi connectivity index (χ0) is 15.5. The number of aliphatic carboxylic acids is 1. The molecule has 22 heavy (non-hydrogen) atoms. The second kappa shape index (κ2) is 6.36. The van der Waals surface area contributed by atoms with Crippen LogP contribution in [0.25, 0.3) is 11.1 Å². The summed E-state index contributed by atoms with van der Waals surface area (Å²) in [6.07, 6.45) is 1.57. The van der Waals surface area contributed by atoms with Gasteiger partial charge in [-0.1, -0.05) is 12.1 Å². The van der Waals surface area contributed by atoms with Gasteiger partial charge in [0.1, 0.15) is 5.52 Å². The number of anilines is 1. The van der Waals surface area contributed by atoms with Crippen LogP contribution in [0.1, 0.15) is 18.4 Å². The van der Waals surface area contributed by atoms with Crippen LogP contribution in [-0.4, -0.2) is 35.8 Å². The number of rotatable bonds is 5. The van der Waals surface area contributed by atoms with Crippen LogP contribution in [0.15, 0.2) is 22.6 Å². The van der Waals surface area contributed by atoms with E-state index in [0.717, 1.165) is 29.5 Å². The molecule has 1 fully saturated rings. The van der Waals surface area contributed by atoms with Crippen molar-refractivity contribution in [2.24, 2.45) is 11.8 Å². The molecule has 6 heteroatoms. The van der Waals surface area contributed by atoms with Crippen molar-refractivity contribution < 1.29 is 19.1 Å². The highest BCUT2D eigenvalue weighted by atomic mass is 16.5. The van der Waals surface area contributed by atoms with Crippen molar-refractivity contribution >= 4 is 23.1 Å². The summed E-state index contributed by atoms with van der Waals surface area (Å²) in [5, 5.41) is 12.5. The number of oxazole rings is 1. The monoisotopic (exact) mass is 304 g/mol. The number of ether oxygens (including phenoxy) is 1. The van der Waals surface area contributed by atoms with Gasteiger partial charge in [-0.25, -0.2) is 0 Å². The highest BCUT2D eigenvalue weighted by Crippen LogP contribution is 2.26. The summed E-state index contributed by atoms with van der Waals surface area (Å²) in [5.74, 6) is -1.11. The van der Waals surface area contributed by atoms with Crippen LogP contribution in [-0.2, 0) is 9.53 Å². The molecule has 118 valence electrons. The molecule has 1 saturated heterocycles. The molecule has 2 aromatic rings. The Bertz CT molecular complexity index is 661. The molecule has 2 N–H and O–H groups in total. The van der Waals surface area contributed by atoms with E-state index >= 15 is 0 Å². The number of aryl methyl sites for hydroxylation is 1. The van der Waals surface area contributed by atoms with E-state index < -0.39 is 11.9 Å². The molecular formula is C16H20N2O4. The fraction of sp³-hybridized carbons (Fsp3) is 0.500. The smallest absolute Gasteiger partial charge is 0.308 e. The lowest BCUT2D eigenvalue weighted by atomic mass is 9.86. The van der Waals surface area contributed by atoms with Gasteiger partial charge in [0, 0.05) is 19.8 Å². The second-order valence-electron chi connectivity index (χ2n) is 5.72. The topological polar surface area (TPSA) is 84.6 Å². The van der Waals surface area contributed by atoms with E-state index in [1.807, 2.05) is 25.1 Å². The van der Waals surface area contributed by atoms with Gasteiger partial charge in [0.25, 0.3) is 6.01 Å². The van der Waals surface area contributed by atoms with E-state index in [0.29, 0.717) is 25.8 Å². The van der Waals surface area contributed by atoms with Crippen molar-refractivity contribution in [2.75, 3.05) is 25.1 Å². The number of nitrogens with zero attached hydrogens (tertiary/aromatic N) is 1. The summed E-state index contributed by atoms with van der Waals surface area (Å²) >= 11 is 0. The minimum atomic E-state index is -0.785. The van der Waals surface area contributed by atoms with Crippen molar-refractivity contribution in [1.29, 1.82) is 0 Å². The summed E-state index contributed by atoms with van der Waals surface area (Å²) < 4.78 is 11.0. The molecule has 0 aliphatic carbocycles. The lowest BCUT2D eigenvalue weighted by molar-refractivity contribution is -0.144. The first-order valence-corrected chi connectivity index (χ1v) is 7.55. The largest absolute Gasteiger partial charge is 0.481 e. The van der Waals surface area contributed by atoms with Crippen molar-refractivity contribution in [3.05, 3.63) is 23.8 Å². The number of carbonyl (C=O) groups is 1. The van der Waals surface area contributed by atoms with Gasteiger partial charge in [0.05, 0.1) is 5.92 Å². The molecule has 1 aliphatic rings. The maximum atomic E-state index is 11.5. The van der Waals surface area contributed by atoms with Crippen molar-refractivity contribution in [2.45, 2.75) is 19.8 Å². The van der Waals surface area contributed by atoms with Gasteiger partial charge in [-0.15, -0.1) is 0 Å². The molecule has 0 radical (unpaired) electrons. The zero-order valence-electron chi connectivity index (χ0n) is 12.5. The van der Waals surface area contributed by atoms with Gasteiger partial charge >= 0.3 is 5.97 Å². The number of aromatic nitrogens is 1. The van der Waals surface area contributed by atoms with Crippen LogP contribution in [0, 0.1) is 18.8 Å². The molecule has 0 spiro atoms. The molecule has 3 rings (SSSR count). The molecule has 0 amide bonds. The SMILES string of the molecule is Cc1cccc2nc(NCC(C(=O)O)C3CCOCC3)oc12. The summed E-state index contributed by atoms with van der Waals surface area (Å²) in [5.41, 5.74) is 2.53. The fourth-order valence-corrected chi connectivity index (χ4v) is 2.93. The third-order valence-corrected chi connectivity index (χ3v) is 4.24. The molecule has 1 aliphatic heterocycles. The predicted octanol–water partition coefficient (Wildman–Crippen LogP) is 2.68. The third kappa shape index (κ3) is 3.06. The van der Waals surface area contributed by atoms with Gasteiger partial charge in [-0.3, -0.25) is 4.79 Å². The van der Waals surface area contributed by atoms with Crippen molar-refractivity contribution in [3.8, 4) is 0 Å². The van der Waals surface area contributed by atoms with Gasteiger partial charge in [0.15, 0.2) is 5.58 Å². The maximum Gasteiger partial charge on any atom is 0.308 e. The van der Waals surface area contributed by atoms with Crippen LogP contribution in [0.3, 0.4) is 0 Å². The third-order valence-electron chi connectivity index (χ3n) is 4.24. The minimum absolute atomic E-state index is 0.130. The summed E-state index contributed by atoms with van der Waals surface area (Å²) in [6, 6.07) is 6.14. The number of hydrogen-bond donors (Lipinski definition) is 2. The highest BCUT2D eigenvalue weighted by molar-refractivity contribution is 5.77. The second-order valence-corrected chi connectivity index (χ2v) is 5.72. The lowest BCUT2D eigenvalue weighted by Crippen LogP contribution is -2.34. The van der Waals surface area contributed by atoms with Gasteiger partial charge in [0.2, 0.25) is 0 Å². The Morgan fingerprint density at radius 1 is 1.45 bits per heavy atom. The molecule has 2 heterocycles. The van der Waals surface area contributed by atoms with Crippen LogP contribution in [0.2, 0.25) is 0 Å². The average molecular weight is 304 g/mol. The molecule has 1 atom stereocenters. The fourth-order valence-electron chi connectivity index (χ4n) is 2.93. The summed E-state index contributed by atoms with van der Waals surface area (Å²) in [6.45, 7) is 3.54. The average Bonchev–Trinajstić information content (AvgIpc) is 2.93. The van der Waals surface area contributed by atoms with Crippen LogP contribution in [0.4, 0.5) is 6.01 Å². The van der Waals surface area contributed by atoms with E-state index in [9.17, 15) is 9.90 Å². The normalized spacial score (nSPS) is 17.5.